The van der Waals surface area contributed by atoms with Crippen molar-refractivity contribution in [2.24, 2.45) is 0 Å². The smallest absolute Gasteiger partial charge is 0.251 e. The Kier molecular flexibility index (Phi) is 13.7. The average Bonchev–Trinajstić information content (AvgIpc) is 3.09. The Bertz CT molecular complexity index is 1490. The lowest BCUT2D eigenvalue weighted by Gasteiger charge is -2.13. The van der Waals surface area contributed by atoms with Crippen molar-refractivity contribution < 1.29 is 28.5 Å². The van der Waals surface area contributed by atoms with Gasteiger partial charge in [-0.25, -0.2) is 0 Å². The molecule has 0 aliphatic rings. The van der Waals surface area contributed by atoms with Gasteiger partial charge in [0, 0.05) is 37.0 Å². The van der Waals surface area contributed by atoms with Gasteiger partial charge in [0.25, 0.3) is 5.91 Å². The minimum absolute atomic E-state index is 0.123. The third kappa shape index (κ3) is 11.1. The molecule has 4 aromatic rings. The van der Waals surface area contributed by atoms with Crippen LogP contribution in [0.1, 0.15) is 15.9 Å². The van der Waals surface area contributed by atoms with Crippen molar-refractivity contribution in [2.75, 3.05) is 83.3 Å². The van der Waals surface area contributed by atoms with Crippen LogP contribution in [0.25, 0.3) is 0 Å². The number of amides is 1. The highest BCUT2D eigenvalue weighted by atomic mass is 16.5. The van der Waals surface area contributed by atoms with Crippen molar-refractivity contribution in [2.45, 2.75) is 6.42 Å². The topological polar surface area (TPSA) is 150 Å². The number of anilines is 4. The van der Waals surface area contributed by atoms with Crippen LogP contribution in [0.5, 0.6) is 17.2 Å². The summed E-state index contributed by atoms with van der Waals surface area (Å²) in [7, 11) is 4.82. The lowest BCUT2D eigenvalue weighted by Crippen LogP contribution is -2.27. The number of carbonyl (C=O) groups excluding carboxylic acids is 1. The van der Waals surface area contributed by atoms with E-state index in [0.717, 1.165) is 23.4 Å². The van der Waals surface area contributed by atoms with E-state index in [0.29, 0.717) is 81.0 Å². The first-order chi connectivity index (χ1) is 22.6. The summed E-state index contributed by atoms with van der Waals surface area (Å²) in [6.45, 7) is 3.14. The van der Waals surface area contributed by atoms with E-state index in [-0.39, 0.29) is 5.91 Å². The SMILES string of the molecule is COc1ccc(CCNc2nc(NCCOCCOCCNC(=O)c3ccccc3)nc(Nc3ccc(OC)c(OC)c3)n2)cc1. The van der Waals surface area contributed by atoms with Crippen LogP contribution in [0.2, 0.25) is 0 Å². The van der Waals surface area contributed by atoms with Gasteiger partial charge in [-0.1, -0.05) is 30.3 Å². The number of nitrogens with one attached hydrogen (secondary N) is 4. The zero-order valence-corrected chi connectivity index (χ0v) is 26.4. The van der Waals surface area contributed by atoms with Crippen LogP contribution in [-0.4, -0.2) is 88.3 Å². The van der Waals surface area contributed by atoms with E-state index >= 15 is 0 Å². The van der Waals surface area contributed by atoms with Gasteiger partial charge in [0.05, 0.1) is 47.8 Å². The number of rotatable bonds is 20. The molecular formula is C33H41N7O6. The minimum Gasteiger partial charge on any atom is -0.497 e. The van der Waals surface area contributed by atoms with Gasteiger partial charge < -0.3 is 45.0 Å². The average molecular weight is 632 g/mol. The normalized spacial score (nSPS) is 10.6. The number of methoxy groups -OCH3 is 3. The van der Waals surface area contributed by atoms with Crippen LogP contribution in [0.15, 0.2) is 72.8 Å². The molecule has 0 saturated heterocycles. The number of ether oxygens (including phenoxy) is 5. The zero-order chi connectivity index (χ0) is 32.4. The van der Waals surface area contributed by atoms with E-state index < -0.39 is 0 Å². The van der Waals surface area contributed by atoms with Crippen molar-refractivity contribution >= 4 is 29.4 Å². The summed E-state index contributed by atoms with van der Waals surface area (Å²) >= 11 is 0. The minimum atomic E-state index is -0.123. The highest BCUT2D eigenvalue weighted by Crippen LogP contribution is 2.30. The van der Waals surface area contributed by atoms with E-state index in [4.69, 9.17) is 23.7 Å². The molecule has 3 aromatic carbocycles. The summed E-state index contributed by atoms with van der Waals surface area (Å²) < 4.78 is 27.2. The van der Waals surface area contributed by atoms with Gasteiger partial charge in [-0.3, -0.25) is 4.79 Å². The largest absolute Gasteiger partial charge is 0.497 e. The summed E-state index contributed by atoms with van der Waals surface area (Å²) in [6, 6.07) is 22.5. The molecule has 4 rings (SSSR count). The van der Waals surface area contributed by atoms with Gasteiger partial charge in [0.1, 0.15) is 5.75 Å². The fourth-order valence-corrected chi connectivity index (χ4v) is 4.23. The predicted molar refractivity (Wildman–Crippen MR) is 177 cm³/mol. The lowest BCUT2D eigenvalue weighted by molar-refractivity contribution is 0.0519. The molecule has 1 aromatic heterocycles. The van der Waals surface area contributed by atoms with Gasteiger partial charge in [-0.05, 0) is 48.4 Å². The molecule has 0 spiro atoms. The fraction of sp³-hybridized carbons (Fsp3) is 0.333. The second kappa shape index (κ2) is 18.6. The van der Waals surface area contributed by atoms with Gasteiger partial charge in [0.15, 0.2) is 11.5 Å². The number of nitrogens with zero attached hydrogens (tertiary/aromatic N) is 3. The standard InChI is InChI=1S/C33H41N7O6/c1-42-27-12-9-24(10-13-27)15-16-35-31-38-32(40-33(39-31)37-26-11-14-28(43-2)29(23-26)44-3)36-18-20-46-22-21-45-19-17-34-30(41)25-7-5-4-6-8-25/h4-14,23H,15-22H2,1-3H3,(H,34,41)(H3,35,36,37,38,39,40). The molecule has 0 unspecified atom stereocenters. The second-order valence-electron chi connectivity index (χ2n) is 9.80. The summed E-state index contributed by atoms with van der Waals surface area (Å²) in [6.07, 6.45) is 0.770. The third-order valence-corrected chi connectivity index (χ3v) is 6.60. The highest BCUT2D eigenvalue weighted by Gasteiger charge is 2.10. The molecular weight excluding hydrogens is 590 g/mol. The van der Waals surface area contributed by atoms with E-state index in [1.165, 1.54) is 0 Å². The Morgan fingerprint density at radius 1 is 0.652 bits per heavy atom. The second-order valence-corrected chi connectivity index (χ2v) is 9.80. The number of carbonyl (C=O) groups is 1. The van der Waals surface area contributed by atoms with Crippen molar-refractivity contribution in [1.29, 1.82) is 0 Å². The number of hydrogen-bond donors (Lipinski definition) is 4. The van der Waals surface area contributed by atoms with E-state index in [1.807, 2.05) is 48.5 Å². The lowest BCUT2D eigenvalue weighted by atomic mass is 10.1. The monoisotopic (exact) mass is 631 g/mol. The van der Waals surface area contributed by atoms with Crippen LogP contribution < -0.4 is 35.5 Å². The first-order valence-corrected chi connectivity index (χ1v) is 14.9. The molecule has 0 bridgehead atoms. The molecule has 0 fully saturated rings. The van der Waals surface area contributed by atoms with Crippen LogP contribution in [0.3, 0.4) is 0 Å². The molecule has 0 aliphatic carbocycles. The Morgan fingerprint density at radius 3 is 1.98 bits per heavy atom. The van der Waals surface area contributed by atoms with Crippen molar-refractivity contribution in [3.63, 3.8) is 0 Å². The van der Waals surface area contributed by atoms with Crippen LogP contribution in [0.4, 0.5) is 23.5 Å². The Hall–Kier alpha value is -5.14. The molecule has 1 heterocycles. The highest BCUT2D eigenvalue weighted by molar-refractivity contribution is 5.94. The Morgan fingerprint density at radius 2 is 1.30 bits per heavy atom. The molecule has 4 N–H and O–H groups in total. The maximum Gasteiger partial charge on any atom is 0.251 e. The maximum atomic E-state index is 12.0. The first kappa shape index (κ1) is 33.7. The summed E-state index contributed by atoms with van der Waals surface area (Å²) in [5.41, 5.74) is 2.50. The fourth-order valence-electron chi connectivity index (χ4n) is 4.23. The zero-order valence-electron chi connectivity index (χ0n) is 26.4. The number of aromatic nitrogens is 3. The van der Waals surface area contributed by atoms with Gasteiger partial charge in [-0.2, -0.15) is 15.0 Å². The molecule has 0 radical (unpaired) electrons. The quantitative estimate of drug-likeness (QED) is 0.104. The van der Waals surface area contributed by atoms with Crippen LogP contribution >= 0.6 is 0 Å². The van der Waals surface area contributed by atoms with E-state index in [2.05, 4.69) is 36.2 Å². The van der Waals surface area contributed by atoms with Crippen molar-refractivity contribution in [1.82, 2.24) is 20.3 Å². The van der Waals surface area contributed by atoms with Crippen LogP contribution in [0, 0.1) is 0 Å². The first-order valence-electron chi connectivity index (χ1n) is 14.9. The van der Waals surface area contributed by atoms with Gasteiger partial charge in [-0.15, -0.1) is 0 Å². The van der Waals surface area contributed by atoms with Gasteiger partial charge in [0.2, 0.25) is 17.8 Å². The third-order valence-electron chi connectivity index (χ3n) is 6.60. The molecule has 1 amide bonds. The summed E-state index contributed by atoms with van der Waals surface area (Å²) in [5, 5.41) is 12.5. The molecule has 244 valence electrons. The molecule has 0 saturated carbocycles. The number of hydrogen-bond acceptors (Lipinski definition) is 12. The molecule has 0 atom stereocenters. The predicted octanol–water partition coefficient (Wildman–Crippen LogP) is 4.17. The van der Waals surface area contributed by atoms with E-state index in [1.54, 1.807) is 45.6 Å². The van der Waals surface area contributed by atoms with Crippen molar-refractivity contribution in [3.05, 3.63) is 83.9 Å². The molecule has 46 heavy (non-hydrogen) atoms. The Labute approximate surface area is 269 Å². The Balaban J connectivity index is 1.24. The number of benzene rings is 3. The molecule has 13 nitrogen and oxygen atoms in total. The van der Waals surface area contributed by atoms with Gasteiger partial charge >= 0.3 is 0 Å². The molecule has 0 aliphatic heterocycles. The van der Waals surface area contributed by atoms with E-state index in [9.17, 15) is 4.79 Å². The van der Waals surface area contributed by atoms with Crippen molar-refractivity contribution in [3.8, 4) is 17.2 Å². The van der Waals surface area contributed by atoms with Crippen LogP contribution in [-0.2, 0) is 15.9 Å². The maximum absolute atomic E-state index is 12.0. The summed E-state index contributed by atoms with van der Waals surface area (Å²) in [4.78, 5) is 25.7. The molecule has 13 heteroatoms. The summed E-state index contributed by atoms with van der Waals surface area (Å²) in [5.74, 6) is 3.05.